The minimum Gasteiger partial charge on any atom is -0.371 e. The van der Waals surface area contributed by atoms with E-state index in [4.69, 9.17) is 10.1 Å². The molecular formula is C16H21N7O2. The van der Waals surface area contributed by atoms with Crippen LogP contribution in [0.5, 0.6) is 0 Å². The van der Waals surface area contributed by atoms with Crippen molar-refractivity contribution in [3.05, 3.63) is 29.1 Å². The maximum absolute atomic E-state index is 12.6. The number of amides is 1. The van der Waals surface area contributed by atoms with Crippen LogP contribution in [0.2, 0.25) is 0 Å². The summed E-state index contributed by atoms with van der Waals surface area (Å²) in [6, 6.07) is 3.43. The first kappa shape index (κ1) is 17.0. The number of carbonyl (C=O) groups is 1. The van der Waals surface area contributed by atoms with Gasteiger partial charge >= 0.3 is 0 Å². The van der Waals surface area contributed by atoms with Crippen molar-refractivity contribution in [3.8, 4) is 0 Å². The Hall–Kier alpha value is -2.81. The van der Waals surface area contributed by atoms with E-state index < -0.39 is 12.0 Å². The highest BCUT2D eigenvalue weighted by Crippen LogP contribution is 2.31. The Morgan fingerprint density at radius 2 is 2.12 bits per heavy atom. The van der Waals surface area contributed by atoms with Gasteiger partial charge in [-0.05, 0) is 31.4 Å². The molecule has 1 amide bonds. The van der Waals surface area contributed by atoms with Gasteiger partial charge in [-0.2, -0.15) is 5.10 Å². The van der Waals surface area contributed by atoms with Gasteiger partial charge in [0.05, 0.1) is 0 Å². The zero-order valence-corrected chi connectivity index (χ0v) is 14.2. The highest BCUT2D eigenvalue weighted by atomic mass is 16.5. The summed E-state index contributed by atoms with van der Waals surface area (Å²) >= 11 is 0. The predicted molar refractivity (Wildman–Crippen MR) is 93.2 cm³/mol. The molecule has 1 atom stereocenters. The van der Waals surface area contributed by atoms with Crippen molar-refractivity contribution in [2.45, 2.75) is 32.3 Å². The number of aryl methyl sites for hydroxylation is 1. The van der Waals surface area contributed by atoms with Gasteiger partial charge < -0.3 is 20.8 Å². The number of ether oxygens (including phenoxy) is 1. The number of hydrogen-bond acceptors (Lipinski definition) is 7. The van der Waals surface area contributed by atoms with E-state index in [1.807, 2.05) is 0 Å². The topological polar surface area (TPSA) is 129 Å². The molecule has 2 aromatic heterocycles. The molecule has 0 fully saturated rings. The second-order valence-electron chi connectivity index (χ2n) is 5.79. The van der Waals surface area contributed by atoms with Crippen molar-refractivity contribution in [1.82, 2.24) is 20.4 Å². The van der Waals surface area contributed by atoms with E-state index in [9.17, 15) is 4.79 Å². The number of hydrogen-bond donors (Lipinski definition) is 4. The van der Waals surface area contributed by atoms with E-state index in [2.05, 4.69) is 38.0 Å². The van der Waals surface area contributed by atoms with Gasteiger partial charge in [0.15, 0.2) is 11.5 Å². The summed E-state index contributed by atoms with van der Waals surface area (Å²) in [7, 11) is 1.52. The largest absolute Gasteiger partial charge is 0.371 e. The molecule has 3 rings (SSSR count). The fourth-order valence-electron chi connectivity index (χ4n) is 2.78. The maximum Gasteiger partial charge on any atom is 0.277 e. The molecule has 0 saturated heterocycles. The smallest absolute Gasteiger partial charge is 0.277 e. The van der Waals surface area contributed by atoms with Crippen molar-refractivity contribution < 1.29 is 9.53 Å². The Morgan fingerprint density at radius 1 is 1.36 bits per heavy atom. The predicted octanol–water partition coefficient (Wildman–Crippen LogP) is 1.93. The summed E-state index contributed by atoms with van der Waals surface area (Å²) < 4.78 is 5.38. The van der Waals surface area contributed by atoms with Crippen LogP contribution >= 0.6 is 0 Å². The van der Waals surface area contributed by atoms with Crippen molar-refractivity contribution >= 4 is 23.3 Å². The van der Waals surface area contributed by atoms with Gasteiger partial charge in [-0.3, -0.25) is 9.89 Å². The Labute approximate surface area is 145 Å². The molecule has 1 aliphatic rings. The first-order chi connectivity index (χ1) is 12.1. The van der Waals surface area contributed by atoms with Crippen LogP contribution in [0.1, 0.15) is 47.6 Å². The molecule has 1 aliphatic carbocycles. The van der Waals surface area contributed by atoms with E-state index in [0.717, 1.165) is 18.7 Å². The third kappa shape index (κ3) is 3.50. The van der Waals surface area contributed by atoms with Gasteiger partial charge in [0.2, 0.25) is 0 Å². The summed E-state index contributed by atoms with van der Waals surface area (Å²) in [6.07, 6.45) is 1.67. The highest BCUT2D eigenvalue weighted by Gasteiger charge is 2.32. The highest BCUT2D eigenvalue weighted by molar-refractivity contribution is 6.05. The second kappa shape index (κ2) is 7.39. The zero-order chi connectivity index (χ0) is 17.8. The third-order valence-corrected chi connectivity index (χ3v) is 4.02. The number of anilines is 2. The standard InChI is InChI=1S/C16H21N7O2/c1-3-8-18-11-6-7-12(22-21-11)19-16(24)14-13-10(20-23-14)5-4-9(17)15(13)25-2/h6-7,15,17H,3-5,8H2,1-2H3,(H,18,21)(H,20,23)(H,19,22,24). The Morgan fingerprint density at radius 3 is 2.80 bits per heavy atom. The SMILES string of the molecule is CCCNc1ccc(NC(=O)c2n[nH]c3c2C(OC)C(=N)CC3)nn1. The second-order valence-corrected chi connectivity index (χ2v) is 5.79. The van der Waals surface area contributed by atoms with Gasteiger partial charge in [0.25, 0.3) is 5.91 Å². The molecule has 9 nitrogen and oxygen atoms in total. The number of methoxy groups -OCH3 is 1. The van der Waals surface area contributed by atoms with Crippen molar-refractivity contribution in [3.63, 3.8) is 0 Å². The Kier molecular flexibility index (Phi) is 5.03. The molecular weight excluding hydrogens is 322 g/mol. The number of carbonyl (C=O) groups excluding carboxylic acids is 1. The van der Waals surface area contributed by atoms with Crippen LogP contribution < -0.4 is 10.6 Å². The number of aromatic amines is 1. The molecule has 0 radical (unpaired) electrons. The van der Waals surface area contributed by atoms with E-state index in [1.165, 1.54) is 7.11 Å². The maximum atomic E-state index is 12.6. The lowest BCUT2D eigenvalue weighted by Gasteiger charge is -2.22. The summed E-state index contributed by atoms with van der Waals surface area (Å²) in [5, 5.41) is 28.8. The zero-order valence-electron chi connectivity index (χ0n) is 14.2. The lowest BCUT2D eigenvalue weighted by molar-refractivity contribution is 0.101. The molecule has 4 N–H and O–H groups in total. The molecule has 1 unspecified atom stereocenters. The Balaban J connectivity index is 1.76. The first-order valence-electron chi connectivity index (χ1n) is 8.20. The lowest BCUT2D eigenvalue weighted by atomic mass is 9.91. The normalized spacial score (nSPS) is 16.4. The fraction of sp³-hybridized carbons (Fsp3) is 0.438. The van der Waals surface area contributed by atoms with Crippen molar-refractivity contribution in [2.24, 2.45) is 0 Å². The number of nitrogens with one attached hydrogen (secondary N) is 4. The number of H-pyrrole nitrogens is 1. The van der Waals surface area contributed by atoms with E-state index >= 15 is 0 Å². The van der Waals surface area contributed by atoms with Crippen LogP contribution in [-0.4, -0.2) is 45.7 Å². The van der Waals surface area contributed by atoms with Crippen LogP contribution in [0.3, 0.4) is 0 Å². The van der Waals surface area contributed by atoms with Gasteiger partial charge in [-0.1, -0.05) is 6.92 Å². The van der Waals surface area contributed by atoms with Crippen LogP contribution in [0, 0.1) is 5.41 Å². The molecule has 0 saturated carbocycles. The average molecular weight is 343 g/mol. The molecule has 0 aromatic carbocycles. The quantitative estimate of drug-likeness (QED) is 0.634. The third-order valence-electron chi connectivity index (χ3n) is 4.02. The summed E-state index contributed by atoms with van der Waals surface area (Å²) in [5.41, 5.74) is 2.13. The number of nitrogens with zero attached hydrogens (tertiary/aromatic N) is 3. The molecule has 2 aromatic rings. The van der Waals surface area contributed by atoms with Gasteiger partial charge in [-0.25, -0.2) is 0 Å². The van der Waals surface area contributed by atoms with Crippen LogP contribution in [0.4, 0.5) is 11.6 Å². The van der Waals surface area contributed by atoms with E-state index in [1.54, 1.807) is 12.1 Å². The minimum absolute atomic E-state index is 0.223. The summed E-state index contributed by atoms with van der Waals surface area (Å²) in [5.74, 6) is 0.589. The van der Waals surface area contributed by atoms with Gasteiger partial charge in [-0.15, -0.1) is 10.2 Å². The summed E-state index contributed by atoms with van der Waals surface area (Å²) in [4.78, 5) is 12.6. The fourth-order valence-corrected chi connectivity index (χ4v) is 2.78. The molecule has 0 spiro atoms. The molecule has 0 bridgehead atoms. The molecule has 0 aliphatic heterocycles. The molecule has 25 heavy (non-hydrogen) atoms. The average Bonchev–Trinajstić information content (AvgIpc) is 3.05. The molecule has 9 heteroatoms. The van der Waals surface area contributed by atoms with Crippen molar-refractivity contribution in [2.75, 3.05) is 24.3 Å². The molecule has 132 valence electrons. The van der Waals surface area contributed by atoms with E-state index in [-0.39, 0.29) is 5.69 Å². The number of aromatic nitrogens is 4. The van der Waals surface area contributed by atoms with Crippen LogP contribution in [-0.2, 0) is 11.2 Å². The van der Waals surface area contributed by atoms with Crippen molar-refractivity contribution in [1.29, 1.82) is 5.41 Å². The number of fused-ring (bicyclic) bond motifs is 1. The van der Waals surface area contributed by atoms with Crippen LogP contribution in [0.15, 0.2) is 12.1 Å². The molecule has 2 heterocycles. The van der Waals surface area contributed by atoms with Gasteiger partial charge in [0, 0.05) is 30.6 Å². The van der Waals surface area contributed by atoms with Crippen LogP contribution in [0.25, 0.3) is 0 Å². The lowest BCUT2D eigenvalue weighted by Crippen LogP contribution is -2.24. The number of rotatable bonds is 6. The summed E-state index contributed by atoms with van der Waals surface area (Å²) in [6.45, 7) is 2.87. The monoisotopic (exact) mass is 343 g/mol. The minimum atomic E-state index is -0.546. The van der Waals surface area contributed by atoms with Gasteiger partial charge in [0.1, 0.15) is 11.9 Å². The first-order valence-corrected chi connectivity index (χ1v) is 8.20. The van der Waals surface area contributed by atoms with E-state index in [0.29, 0.717) is 35.8 Å². The Bertz CT molecular complexity index is 769.